The van der Waals surface area contributed by atoms with Gasteiger partial charge in [-0.2, -0.15) is 0 Å². The van der Waals surface area contributed by atoms with E-state index in [4.69, 9.17) is 4.74 Å². The first-order valence-corrected chi connectivity index (χ1v) is 6.69. The monoisotopic (exact) mass is 278 g/mol. The van der Waals surface area contributed by atoms with E-state index in [0.717, 1.165) is 16.7 Å². The summed E-state index contributed by atoms with van der Waals surface area (Å²) in [5.74, 6) is 0.690. The third kappa shape index (κ3) is 3.73. The van der Waals surface area contributed by atoms with Crippen molar-refractivity contribution >= 4 is 6.21 Å². The lowest BCUT2D eigenvalue weighted by Gasteiger charge is -2.30. The van der Waals surface area contributed by atoms with Crippen molar-refractivity contribution in [1.29, 1.82) is 0 Å². The third-order valence-corrected chi connectivity index (χ3v) is 3.14. The Bertz CT molecular complexity index is 458. The first-order valence-electron chi connectivity index (χ1n) is 6.69. The number of hydrogen-bond acceptors (Lipinski definition) is 4. The molecular formula is C16H24NO3-. The fourth-order valence-corrected chi connectivity index (χ4v) is 2.12. The molecule has 20 heavy (non-hydrogen) atoms. The first kappa shape index (κ1) is 16.5. The predicted octanol–water partition coefficient (Wildman–Crippen LogP) is 3.53. The maximum absolute atomic E-state index is 10.5. The van der Waals surface area contributed by atoms with E-state index >= 15 is 0 Å². The van der Waals surface area contributed by atoms with Crippen molar-refractivity contribution in [2.24, 2.45) is 5.16 Å². The maximum Gasteiger partial charge on any atom is 0.186 e. The zero-order chi connectivity index (χ0) is 15.6. The Kier molecular flexibility index (Phi) is 4.81. The van der Waals surface area contributed by atoms with E-state index in [2.05, 4.69) is 46.7 Å². The Hall–Kier alpha value is -1.55. The van der Waals surface area contributed by atoms with Crippen LogP contribution in [0, 0.1) is 5.21 Å². The highest BCUT2D eigenvalue weighted by atomic mass is 16.6. The largest absolute Gasteiger partial charge is 0.792 e. The number of rotatable bonds is 3. The maximum atomic E-state index is 10.5. The highest BCUT2D eigenvalue weighted by Crippen LogP contribution is 2.40. The van der Waals surface area contributed by atoms with Crippen LogP contribution in [0.3, 0.4) is 0 Å². The molecule has 0 unspecified atom stereocenters. The Morgan fingerprint density at radius 1 is 1.10 bits per heavy atom. The van der Waals surface area contributed by atoms with E-state index < -0.39 is 0 Å². The van der Waals surface area contributed by atoms with Crippen molar-refractivity contribution in [1.82, 2.24) is 0 Å². The van der Waals surface area contributed by atoms with Gasteiger partial charge in [-0.1, -0.05) is 41.5 Å². The van der Waals surface area contributed by atoms with Gasteiger partial charge >= 0.3 is 0 Å². The van der Waals surface area contributed by atoms with Crippen molar-refractivity contribution in [3.63, 3.8) is 0 Å². The summed E-state index contributed by atoms with van der Waals surface area (Å²) in [7, 11) is 0. The van der Waals surface area contributed by atoms with Gasteiger partial charge in [0.05, 0.1) is 0 Å². The second-order valence-corrected chi connectivity index (χ2v) is 6.95. The molecule has 112 valence electrons. The zero-order valence-electron chi connectivity index (χ0n) is 13.2. The highest BCUT2D eigenvalue weighted by molar-refractivity contribution is 5.81. The lowest BCUT2D eigenvalue weighted by molar-refractivity contribution is 0.0946. The minimum Gasteiger partial charge on any atom is -0.792 e. The minimum atomic E-state index is -0.374. The molecule has 0 amide bonds. The van der Waals surface area contributed by atoms with Crippen LogP contribution in [0.2, 0.25) is 0 Å². The van der Waals surface area contributed by atoms with Crippen molar-refractivity contribution in [2.75, 3.05) is 6.79 Å². The molecule has 4 nitrogen and oxygen atoms in total. The van der Waals surface area contributed by atoms with E-state index in [9.17, 15) is 10.3 Å². The quantitative estimate of drug-likeness (QED) is 0.522. The van der Waals surface area contributed by atoms with Gasteiger partial charge in [0.2, 0.25) is 0 Å². The van der Waals surface area contributed by atoms with Crippen LogP contribution in [0.15, 0.2) is 17.3 Å². The number of hydrogen-bond donors (Lipinski definition) is 1. The molecule has 0 bridgehead atoms. The molecule has 0 aliphatic carbocycles. The Morgan fingerprint density at radius 2 is 1.55 bits per heavy atom. The van der Waals surface area contributed by atoms with Gasteiger partial charge in [0.15, 0.2) is 6.79 Å². The number of ether oxygens (including phenoxy) is 1. The molecule has 0 saturated carbocycles. The standard InChI is InChI=1S/C16H25NO3/c1-15(2,3)12-7-11(9-17-19)8-13(16(4,5)6)14(12)20-10-18/h7-9,18-19H,10H2,1-6H3/p-1/b17-9-. The van der Waals surface area contributed by atoms with Gasteiger partial charge in [-0.25, -0.2) is 0 Å². The Morgan fingerprint density at radius 3 is 1.85 bits per heavy atom. The first-order chi connectivity index (χ1) is 9.11. The van der Waals surface area contributed by atoms with Crippen LogP contribution in [0.25, 0.3) is 0 Å². The van der Waals surface area contributed by atoms with Crippen LogP contribution >= 0.6 is 0 Å². The van der Waals surface area contributed by atoms with Crippen molar-refractivity contribution in [2.45, 2.75) is 52.4 Å². The molecule has 0 aliphatic rings. The molecule has 4 heteroatoms. The fourth-order valence-electron chi connectivity index (χ4n) is 2.12. The van der Waals surface area contributed by atoms with Crippen LogP contribution in [-0.2, 0) is 10.8 Å². The van der Waals surface area contributed by atoms with Gasteiger partial charge in [0.1, 0.15) is 5.75 Å². The zero-order valence-corrected chi connectivity index (χ0v) is 13.2. The average molecular weight is 278 g/mol. The van der Waals surface area contributed by atoms with Crippen molar-refractivity contribution in [3.05, 3.63) is 34.0 Å². The van der Waals surface area contributed by atoms with E-state index in [1.165, 1.54) is 6.21 Å². The van der Waals surface area contributed by atoms with E-state index in [-0.39, 0.29) is 17.6 Å². The normalized spacial score (nSPS) is 12.9. The van der Waals surface area contributed by atoms with E-state index in [1.54, 1.807) is 0 Å². The molecule has 0 spiro atoms. The summed E-state index contributed by atoms with van der Waals surface area (Å²) < 4.78 is 5.49. The predicted molar refractivity (Wildman–Crippen MR) is 82.5 cm³/mol. The number of aliphatic hydroxyl groups is 1. The molecule has 1 rings (SSSR count). The fraction of sp³-hybridized carbons (Fsp3) is 0.562. The summed E-state index contributed by atoms with van der Waals surface area (Å²) in [5.41, 5.74) is 2.32. The molecule has 1 N–H and O–H groups in total. The number of aliphatic hydroxyl groups excluding tert-OH is 1. The summed E-state index contributed by atoms with van der Waals surface area (Å²) in [6, 6.07) is 3.78. The van der Waals surface area contributed by atoms with Gasteiger partial charge in [0, 0.05) is 17.3 Å². The SMILES string of the molecule is CC(C)(C)c1cc(/C=N\[O-])cc(C(C)(C)C)c1OCO. The van der Waals surface area contributed by atoms with Crippen LogP contribution in [0.4, 0.5) is 0 Å². The number of benzene rings is 1. The average Bonchev–Trinajstić information content (AvgIpc) is 2.28. The summed E-state index contributed by atoms with van der Waals surface area (Å²) in [6.07, 6.45) is 1.30. The van der Waals surface area contributed by atoms with Crippen molar-refractivity contribution in [3.8, 4) is 5.75 Å². The minimum absolute atomic E-state index is 0.169. The van der Waals surface area contributed by atoms with Crippen LogP contribution in [0.5, 0.6) is 5.75 Å². The van der Waals surface area contributed by atoms with Crippen LogP contribution in [0.1, 0.15) is 58.2 Å². The van der Waals surface area contributed by atoms with Crippen LogP contribution in [-0.4, -0.2) is 18.1 Å². The summed E-state index contributed by atoms with van der Waals surface area (Å²) >= 11 is 0. The molecule has 0 heterocycles. The lowest BCUT2D eigenvalue weighted by Crippen LogP contribution is -2.20. The van der Waals surface area contributed by atoms with Gasteiger partial charge < -0.3 is 20.2 Å². The van der Waals surface area contributed by atoms with E-state index in [0.29, 0.717) is 5.75 Å². The lowest BCUT2D eigenvalue weighted by atomic mass is 9.78. The molecule has 1 aromatic rings. The van der Waals surface area contributed by atoms with Crippen LogP contribution < -0.4 is 4.74 Å². The second kappa shape index (κ2) is 5.83. The molecule has 0 radical (unpaired) electrons. The molecular weight excluding hydrogens is 254 g/mol. The summed E-state index contributed by atoms with van der Waals surface area (Å²) in [5, 5.41) is 22.6. The molecule has 0 aliphatic heterocycles. The van der Waals surface area contributed by atoms with Gasteiger partial charge in [-0.3, -0.25) is 0 Å². The topological polar surface area (TPSA) is 64.9 Å². The van der Waals surface area contributed by atoms with Gasteiger partial charge in [0.25, 0.3) is 0 Å². The molecule has 0 saturated heterocycles. The summed E-state index contributed by atoms with van der Waals surface area (Å²) in [6.45, 7) is 12.0. The summed E-state index contributed by atoms with van der Waals surface area (Å²) in [4.78, 5) is 0. The van der Waals surface area contributed by atoms with Crippen molar-refractivity contribution < 1.29 is 9.84 Å². The number of nitrogens with zero attached hydrogens (tertiary/aromatic N) is 1. The molecule has 0 atom stereocenters. The smallest absolute Gasteiger partial charge is 0.186 e. The third-order valence-electron chi connectivity index (χ3n) is 3.14. The van der Waals surface area contributed by atoms with Gasteiger partial charge in [-0.15, -0.1) is 0 Å². The van der Waals surface area contributed by atoms with Gasteiger partial charge in [-0.05, 0) is 28.5 Å². The Balaban J connectivity index is 3.66. The molecule has 0 fully saturated rings. The Labute approximate surface area is 121 Å². The highest BCUT2D eigenvalue weighted by Gasteiger charge is 2.27. The van der Waals surface area contributed by atoms with E-state index in [1.807, 2.05) is 12.1 Å². The second-order valence-electron chi connectivity index (χ2n) is 6.95. The molecule has 1 aromatic carbocycles. The molecule has 0 aromatic heterocycles.